The van der Waals surface area contributed by atoms with Crippen LogP contribution in [-0.4, -0.2) is 23.1 Å². The number of aromatic nitrogens is 2. The summed E-state index contributed by atoms with van der Waals surface area (Å²) in [5.74, 6) is 1.61. The number of hydrogen-bond acceptors (Lipinski definition) is 4. The Morgan fingerprint density at radius 2 is 2.00 bits per heavy atom. The van der Waals surface area contributed by atoms with E-state index in [-0.39, 0.29) is 0 Å². The molecule has 0 aromatic carbocycles. The van der Waals surface area contributed by atoms with Gasteiger partial charge < -0.3 is 10.6 Å². The van der Waals surface area contributed by atoms with Crippen molar-refractivity contribution in [2.45, 2.75) is 40.0 Å². The Kier molecular flexibility index (Phi) is 3.22. The minimum Gasteiger partial charge on any atom is -0.383 e. The Hall–Kier alpha value is -1.32. The minimum absolute atomic E-state index is 0.446. The Labute approximate surface area is 103 Å². The van der Waals surface area contributed by atoms with Gasteiger partial charge in [0.15, 0.2) is 0 Å². The Balaban J connectivity index is 2.20. The summed E-state index contributed by atoms with van der Waals surface area (Å²) in [5, 5.41) is 0. The van der Waals surface area contributed by atoms with Crippen LogP contribution in [0.2, 0.25) is 0 Å². The molecule has 17 heavy (non-hydrogen) atoms. The van der Waals surface area contributed by atoms with Crippen molar-refractivity contribution in [2.24, 2.45) is 5.41 Å². The smallest absolute Gasteiger partial charge is 0.137 e. The predicted octanol–water partition coefficient (Wildman–Crippen LogP) is 2.38. The summed E-state index contributed by atoms with van der Waals surface area (Å²) in [4.78, 5) is 10.8. The maximum atomic E-state index is 5.84. The lowest BCUT2D eigenvalue weighted by Gasteiger charge is -2.25. The molecule has 0 amide bonds. The van der Waals surface area contributed by atoms with Crippen LogP contribution in [0.15, 0.2) is 6.33 Å². The van der Waals surface area contributed by atoms with Crippen molar-refractivity contribution in [1.82, 2.24) is 9.97 Å². The molecule has 0 radical (unpaired) electrons. The molecule has 0 spiro atoms. The van der Waals surface area contributed by atoms with Gasteiger partial charge in [-0.15, -0.1) is 0 Å². The average molecular weight is 234 g/mol. The molecule has 2 heterocycles. The van der Waals surface area contributed by atoms with E-state index >= 15 is 0 Å². The van der Waals surface area contributed by atoms with E-state index in [1.165, 1.54) is 19.3 Å². The maximum absolute atomic E-state index is 5.84. The fourth-order valence-corrected chi connectivity index (χ4v) is 2.41. The summed E-state index contributed by atoms with van der Waals surface area (Å²) in [6, 6.07) is 0. The fourth-order valence-electron chi connectivity index (χ4n) is 2.41. The molecular weight excluding hydrogens is 212 g/mol. The highest BCUT2D eigenvalue weighted by Crippen LogP contribution is 2.32. The normalized spacial score (nSPS) is 20.1. The molecule has 0 bridgehead atoms. The van der Waals surface area contributed by atoms with E-state index in [1.807, 2.05) is 6.92 Å². The highest BCUT2D eigenvalue weighted by atomic mass is 15.2. The van der Waals surface area contributed by atoms with Crippen molar-refractivity contribution in [3.05, 3.63) is 11.9 Å². The first-order valence-electron chi connectivity index (χ1n) is 6.32. The SMILES string of the molecule is Cc1c(N)ncnc1N1CCCC(C)(C)CC1. The van der Waals surface area contributed by atoms with Gasteiger partial charge >= 0.3 is 0 Å². The number of nitrogens with two attached hydrogens (primary N) is 1. The van der Waals surface area contributed by atoms with Gasteiger partial charge in [-0.3, -0.25) is 0 Å². The van der Waals surface area contributed by atoms with Crippen molar-refractivity contribution in [1.29, 1.82) is 0 Å². The molecule has 0 saturated carbocycles. The molecular formula is C13H22N4. The Morgan fingerprint density at radius 1 is 1.24 bits per heavy atom. The molecule has 2 N–H and O–H groups in total. The fraction of sp³-hybridized carbons (Fsp3) is 0.692. The number of anilines is 2. The molecule has 0 aliphatic carbocycles. The van der Waals surface area contributed by atoms with E-state index < -0.39 is 0 Å². The molecule has 4 heteroatoms. The zero-order chi connectivity index (χ0) is 12.5. The summed E-state index contributed by atoms with van der Waals surface area (Å²) in [6.07, 6.45) is 5.27. The molecule has 2 rings (SSSR count). The molecule has 1 aromatic heterocycles. The molecule has 1 aliphatic heterocycles. The number of rotatable bonds is 1. The first-order chi connectivity index (χ1) is 7.99. The zero-order valence-corrected chi connectivity index (χ0v) is 11.0. The predicted molar refractivity (Wildman–Crippen MR) is 71.0 cm³/mol. The summed E-state index contributed by atoms with van der Waals surface area (Å²) >= 11 is 0. The van der Waals surface area contributed by atoms with Crippen molar-refractivity contribution >= 4 is 11.6 Å². The molecule has 94 valence electrons. The Bertz CT molecular complexity index is 400. The second-order valence-corrected chi connectivity index (χ2v) is 5.71. The molecule has 1 aromatic rings. The van der Waals surface area contributed by atoms with E-state index in [0.717, 1.165) is 24.5 Å². The van der Waals surface area contributed by atoms with Crippen LogP contribution in [0.3, 0.4) is 0 Å². The van der Waals surface area contributed by atoms with Crippen LogP contribution in [0.25, 0.3) is 0 Å². The van der Waals surface area contributed by atoms with Crippen molar-refractivity contribution < 1.29 is 0 Å². The largest absolute Gasteiger partial charge is 0.383 e. The lowest BCUT2D eigenvalue weighted by atomic mass is 9.85. The standard InChI is InChI=1S/C13H22N4/c1-10-11(14)15-9-16-12(10)17-7-4-5-13(2,3)6-8-17/h9H,4-8H2,1-3H3,(H2,14,15,16). The van der Waals surface area contributed by atoms with Gasteiger partial charge in [0.05, 0.1) is 0 Å². The van der Waals surface area contributed by atoms with E-state index in [2.05, 4.69) is 28.7 Å². The topological polar surface area (TPSA) is 55.0 Å². The first kappa shape index (κ1) is 12.1. The van der Waals surface area contributed by atoms with E-state index in [0.29, 0.717) is 11.2 Å². The lowest BCUT2D eigenvalue weighted by Crippen LogP contribution is -2.27. The summed E-state index contributed by atoms with van der Waals surface area (Å²) < 4.78 is 0. The Morgan fingerprint density at radius 3 is 2.76 bits per heavy atom. The second-order valence-electron chi connectivity index (χ2n) is 5.71. The zero-order valence-electron chi connectivity index (χ0n) is 11.0. The lowest BCUT2D eigenvalue weighted by molar-refractivity contribution is 0.325. The molecule has 1 saturated heterocycles. The van der Waals surface area contributed by atoms with Gasteiger partial charge in [-0.2, -0.15) is 0 Å². The van der Waals surface area contributed by atoms with Crippen LogP contribution in [0.1, 0.15) is 38.7 Å². The summed E-state index contributed by atoms with van der Waals surface area (Å²) in [6.45, 7) is 8.82. The maximum Gasteiger partial charge on any atom is 0.137 e. The van der Waals surface area contributed by atoms with Crippen LogP contribution in [0.5, 0.6) is 0 Å². The van der Waals surface area contributed by atoms with Gasteiger partial charge in [-0.05, 0) is 31.6 Å². The molecule has 0 unspecified atom stereocenters. The minimum atomic E-state index is 0.446. The van der Waals surface area contributed by atoms with Gasteiger partial charge in [0, 0.05) is 18.7 Å². The van der Waals surface area contributed by atoms with Crippen LogP contribution in [0, 0.1) is 12.3 Å². The van der Waals surface area contributed by atoms with Gasteiger partial charge in [0.2, 0.25) is 0 Å². The van der Waals surface area contributed by atoms with Crippen molar-refractivity contribution in [2.75, 3.05) is 23.7 Å². The molecule has 1 aliphatic rings. The third kappa shape index (κ3) is 2.68. The van der Waals surface area contributed by atoms with E-state index in [9.17, 15) is 0 Å². The van der Waals surface area contributed by atoms with Gasteiger partial charge in [0.25, 0.3) is 0 Å². The van der Waals surface area contributed by atoms with Crippen molar-refractivity contribution in [3.63, 3.8) is 0 Å². The molecule has 1 fully saturated rings. The van der Waals surface area contributed by atoms with E-state index in [4.69, 9.17) is 5.73 Å². The van der Waals surface area contributed by atoms with Crippen LogP contribution in [-0.2, 0) is 0 Å². The first-order valence-corrected chi connectivity index (χ1v) is 6.32. The summed E-state index contributed by atoms with van der Waals surface area (Å²) in [5.41, 5.74) is 7.29. The number of nitrogen functional groups attached to an aromatic ring is 1. The van der Waals surface area contributed by atoms with Crippen molar-refractivity contribution in [3.8, 4) is 0 Å². The number of nitrogens with zero attached hydrogens (tertiary/aromatic N) is 3. The third-order valence-corrected chi connectivity index (χ3v) is 3.74. The highest BCUT2D eigenvalue weighted by molar-refractivity contribution is 5.55. The molecule has 4 nitrogen and oxygen atoms in total. The highest BCUT2D eigenvalue weighted by Gasteiger charge is 2.24. The quantitative estimate of drug-likeness (QED) is 0.810. The average Bonchev–Trinajstić information content (AvgIpc) is 2.44. The van der Waals surface area contributed by atoms with Gasteiger partial charge in [-0.25, -0.2) is 9.97 Å². The summed E-state index contributed by atoms with van der Waals surface area (Å²) in [7, 11) is 0. The second kappa shape index (κ2) is 4.51. The van der Waals surface area contributed by atoms with Crippen LogP contribution >= 0.6 is 0 Å². The van der Waals surface area contributed by atoms with Gasteiger partial charge in [0.1, 0.15) is 18.0 Å². The molecule has 0 atom stereocenters. The van der Waals surface area contributed by atoms with E-state index in [1.54, 1.807) is 6.33 Å². The third-order valence-electron chi connectivity index (χ3n) is 3.74. The van der Waals surface area contributed by atoms with Crippen LogP contribution < -0.4 is 10.6 Å². The van der Waals surface area contributed by atoms with Crippen LogP contribution in [0.4, 0.5) is 11.6 Å². The monoisotopic (exact) mass is 234 g/mol. The number of hydrogen-bond donors (Lipinski definition) is 1. The van der Waals surface area contributed by atoms with Gasteiger partial charge in [-0.1, -0.05) is 13.8 Å².